The SMILES string of the molecule is O=[N+]([O-])c1ccc2nc(OCCN3CCCC3)cnc2c1. The maximum atomic E-state index is 10.7. The van der Waals surface area contributed by atoms with Crippen LogP contribution in [0.1, 0.15) is 12.8 Å². The normalized spacial score (nSPS) is 15.4. The van der Waals surface area contributed by atoms with Crippen molar-refractivity contribution in [2.75, 3.05) is 26.2 Å². The lowest BCUT2D eigenvalue weighted by Gasteiger charge is -2.14. The highest BCUT2D eigenvalue weighted by atomic mass is 16.6. The smallest absolute Gasteiger partial charge is 0.271 e. The molecule has 1 aromatic carbocycles. The van der Waals surface area contributed by atoms with E-state index < -0.39 is 4.92 Å². The van der Waals surface area contributed by atoms with E-state index >= 15 is 0 Å². The number of rotatable bonds is 5. The van der Waals surface area contributed by atoms with Crippen LogP contribution < -0.4 is 4.74 Å². The Bertz CT molecular complexity index is 656. The first kappa shape index (κ1) is 13.7. The molecule has 7 nitrogen and oxygen atoms in total. The summed E-state index contributed by atoms with van der Waals surface area (Å²) >= 11 is 0. The van der Waals surface area contributed by atoms with E-state index in [4.69, 9.17) is 4.74 Å². The predicted octanol–water partition coefficient (Wildman–Crippen LogP) is 2.01. The fraction of sp³-hybridized carbons (Fsp3) is 0.429. The lowest BCUT2D eigenvalue weighted by Crippen LogP contribution is -2.25. The lowest BCUT2D eigenvalue weighted by atomic mass is 10.2. The first-order valence-electron chi connectivity index (χ1n) is 6.99. The van der Waals surface area contributed by atoms with Crippen LogP contribution in [-0.2, 0) is 0 Å². The summed E-state index contributed by atoms with van der Waals surface area (Å²) in [5.74, 6) is 0.454. The zero-order valence-corrected chi connectivity index (χ0v) is 11.6. The Morgan fingerprint density at radius 1 is 1.29 bits per heavy atom. The van der Waals surface area contributed by atoms with Crippen molar-refractivity contribution in [1.82, 2.24) is 14.9 Å². The van der Waals surface area contributed by atoms with E-state index in [1.54, 1.807) is 6.07 Å². The Labute approximate surface area is 121 Å². The van der Waals surface area contributed by atoms with Crippen LogP contribution in [0.25, 0.3) is 11.0 Å². The Morgan fingerprint density at radius 3 is 2.86 bits per heavy atom. The van der Waals surface area contributed by atoms with Crippen LogP contribution in [0.5, 0.6) is 5.88 Å². The van der Waals surface area contributed by atoms with Gasteiger partial charge >= 0.3 is 0 Å². The van der Waals surface area contributed by atoms with Crippen molar-refractivity contribution in [2.24, 2.45) is 0 Å². The summed E-state index contributed by atoms with van der Waals surface area (Å²) in [4.78, 5) is 21.1. The zero-order chi connectivity index (χ0) is 14.7. The Morgan fingerprint density at radius 2 is 2.10 bits per heavy atom. The topological polar surface area (TPSA) is 81.4 Å². The van der Waals surface area contributed by atoms with Crippen LogP contribution in [-0.4, -0.2) is 46.0 Å². The van der Waals surface area contributed by atoms with Gasteiger partial charge in [0.25, 0.3) is 5.69 Å². The molecule has 0 amide bonds. The van der Waals surface area contributed by atoms with Crippen LogP contribution in [0.2, 0.25) is 0 Å². The molecule has 0 aliphatic carbocycles. The van der Waals surface area contributed by atoms with Gasteiger partial charge in [-0.05, 0) is 32.0 Å². The predicted molar refractivity (Wildman–Crippen MR) is 77.4 cm³/mol. The number of hydrogen-bond donors (Lipinski definition) is 0. The van der Waals surface area contributed by atoms with E-state index in [0.29, 0.717) is 23.5 Å². The highest BCUT2D eigenvalue weighted by Crippen LogP contribution is 2.19. The monoisotopic (exact) mass is 288 g/mol. The Balaban J connectivity index is 1.66. The minimum absolute atomic E-state index is 0.0134. The molecule has 1 aromatic heterocycles. The fourth-order valence-corrected chi connectivity index (χ4v) is 2.45. The molecule has 2 aromatic rings. The summed E-state index contributed by atoms with van der Waals surface area (Å²) < 4.78 is 5.60. The molecule has 0 atom stereocenters. The van der Waals surface area contributed by atoms with Crippen molar-refractivity contribution in [3.63, 3.8) is 0 Å². The van der Waals surface area contributed by atoms with Crippen molar-refractivity contribution < 1.29 is 9.66 Å². The lowest BCUT2D eigenvalue weighted by molar-refractivity contribution is -0.384. The summed E-state index contributed by atoms with van der Waals surface area (Å²) in [5.41, 5.74) is 1.11. The van der Waals surface area contributed by atoms with Gasteiger partial charge in [0, 0.05) is 18.7 Å². The van der Waals surface area contributed by atoms with Gasteiger partial charge in [-0.2, -0.15) is 0 Å². The molecular formula is C14H16N4O3. The molecule has 2 heterocycles. The Kier molecular flexibility index (Phi) is 3.92. The standard InChI is InChI=1S/C14H16N4O3/c19-18(20)11-3-4-12-13(9-11)15-10-14(16-12)21-8-7-17-5-1-2-6-17/h3-4,9-10H,1-2,5-8H2. The second kappa shape index (κ2) is 6.01. The van der Waals surface area contributed by atoms with E-state index in [-0.39, 0.29) is 5.69 Å². The largest absolute Gasteiger partial charge is 0.475 e. The van der Waals surface area contributed by atoms with Crippen LogP contribution in [0.15, 0.2) is 24.4 Å². The molecule has 1 saturated heterocycles. The molecule has 0 unspecified atom stereocenters. The maximum absolute atomic E-state index is 10.7. The average Bonchev–Trinajstić information content (AvgIpc) is 3.00. The van der Waals surface area contributed by atoms with Gasteiger partial charge in [0.15, 0.2) is 0 Å². The van der Waals surface area contributed by atoms with Gasteiger partial charge in [0.2, 0.25) is 5.88 Å². The van der Waals surface area contributed by atoms with Crippen LogP contribution in [0, 0.1) is 10.1 Å². The average molecular weight is 288 g/mol. The molecule has 1 aliphatic heterocycles. The summed E-state index contributed by atoms with van der Waals surface area (Å²) in [6.45, 7) is 3.74. The van der Waals surface area contributed by atoms with E-state index in [1.165, 1.54) is 31.2 Å². The summed E-state index contributed by atoms with van der Waals surface area (Å²) in [6.07, 6.45) is 4.03. The van der Waals surface area contributed by atoms with E-state index in [9.17, 15) is 10.1 Å². The molecular weight excluding hydrogens is 272 g/mol. The van der Waals surface area contributed by atoms with Crippen molar-refractivity contribution in [3.8, 4) is 5.88 Å². The van der Waals surface area contributed by atoms with Crippen LogP contribution in [0.4, 0.5) is 5.69 Å². The molecule has 1 fully saturated rings. The molecule has 0 radical (unpaired) electrons. The number of likely N-dealkylation sites (tertiary alicyclic amines) is 1. The third-order valence-corrected chi connectivity index (χ3v) is 3.57. The molecule has 1 aliphatic rings. The number of fused-ring (bicyclic) bond motifs is 1. The van der Waals surface area contributed by atoms with Gasteiger partial charge in [-0.1, -0.05) is 0 Å². The highest BCUT2D eigenvalue weighted by molar-refractivity contribution is 5.77. The fourth-order valence-electron chi connectivity index (χ4n) is 2.45. The third-order valence-electron chi connectivity index (χ3n) is 3.57. The number of benzene rings is 1. The maximum Gasteiger partial charge on any atom is 0.271 e. The molecule has 3 rings (SSSR count). The van der Waals surface area contributed by atoms with E-state index in [2.05, 4.69) is 14.9 Å². The van der Waals surface area contributed by atoms with E-state index in [0.717, 1.165) is 19.6 Å². The molecule has 0 N–H and O–H groups in total. The van der Waals surface area contributed by atoms with Crippen molar-refractivity contribution in [3.05, 3.63) is 34.5 Å². The molecule has 7 heteroatoms. The van der Waals surface area contributed by atoms with Crippen LogP contribution in [0.3, 0.4) is 0 Å². The van der Waals surface area contributed by atoms with E-state index in [1.807, 2.05) is 0 Å². The summed E-state index contributed by atoms with van der Waals surface area (Å²) in [5, 5.41) is 10.7. The molecule has 0 bridgehead atoms. The summed E-state index contributed by atoms with van der Waals surface area (Å²) in [6, 6.07) is 4.43. The van der Waals surface area contributed by atoms with Crippen molar-refractivity contribution >= 4 is 16.7 Å². The molecule has 110 valence electrons. The van der Waals surface area contributed by atoms with Gasteiger partial charge in [-0.15, -0.1) is 0 Å². The first-order chi connectivity index (χ1) is 10.2. The zero-order valence-electron chi connectivity index (χ0n) is 11.6. The van der Waals surface area contributed by atoms with Gasteiger partial charge in [-0.3, -0.25) is 15.0 Å². The highest BCUT2D eigenvalue weighted by Gasteiger charge is 2.12. The minimum atomic E-state index is -0.443. The van der Waals surface area contributed by atoms with Gasteiger partial charge in [0.05, 0.1) is 22.2 Å². The van der Waals surface area contributed by atoms with Crippen molar-refractivity contribution in [2.45, 2.75) is 12.8 Å². The molecule has 0 spiro atoms. The van der Waals surface area contributed by atoms with Crippen molar-refractivity contribution in [1.29, 1.82) is 0 Å². The number of ether oxygens (including phenoxy) is 1. The number of hydrogen-bond acceptors (Lipinski definition) is 6. The van der Waals surface area contributed by atoms with Gasteiger partial charge in [0.1, 0.15) is 6.61 Å². The number of nitro groups is 1. The van der Waals surface area contributed by atoms with Crippen LogP contribution >= 0.6 is 0 Å². The second-order valence-electron chi connectivity index (χ2n) is 5.04. The third kappa shape index (κ3) is 3.25. The van der Waals surface area contributed by atoms with Gasteiger partial charge in [-0.25, -0.2) is 9.97 Å². The number of aromatic nitrogens is 2. The molecule has 21 heavy (non-hydrogen) atoms. The number of nitrogens with zero attached hydrogens (tertiary/aromatic N) is 4. The molecule has 0 saturated carbocycles. The minimum Gasteiger partial charge on any atom is -0.475 e. The Hall–Kier alpha value is -2.28. The number of non-ortho nitro benzene ring substituents is 1. The quantitative estimate of drug-likeness (QED) is 0.618. The first-order valence-corrected chi connectivity index (χ1v) is 6.99. The number of nitro benzene ring substituents is 1. The summed E-state index contributed by atoms with van der Waals surface area (Å²) in [7, 11) is 0. The second-order valence-corrected chi connectivity index (χ2v) is 5.04. The van der Waals surface area contributed by atoms with Gasteiger partial charge < -0.3 is 4.74 Å².